The van der Waals surface area contributed by atoms with E-state index in [4.69, 9.17) is 5.11 Å². The summed E-state index contributed by atoms with van der Waals surface area (Å²) in [4.78, 5) is 42.5. The molecular weight excluding hydrogens is 607 g/mol. The Bertz CT molecular complexity index is 1600. The van der Waals surface area contributed by atoms with E-state index < -0.39 is 35.8 Å². The van der Waals surface area contributed by atoms with Gasteiger partial charge in [-0.05, 0) is 72.4 Å². The Hall–Kier alpha value is -4.71. The van der Waals surface area contributed by atoms with Gasteiger partial charge in [-0.25, -0.2) is 4.98 Å². The van der Waals surface area contributed by atoms with E-state index in [0.29, 0.717) is 29.7 Å². The number of carboxylic acids is 1. The van der Waals surface area contributed by atoms with Crippen LogP contribution in [-0.2, 0) is 9.59 Å². The van der Waals surface area contributed by atoms with E-state index in [1.807, 2.05) is 26.0 Å². The number of aromatic nitrogens is 1. The summed E-state index contributed by atoms with van der Waals surface area (Å²) in [5, 5.41) is 15.3. The summed E-state index contributed by atoms with van der Waals surface area (Å²) in [6, 6.07) is 19.3. The lowest BCUT2D eigenvalue weighted by atomic mass is 9.78. The van der Waals surface area contributed by atoms with Gasteiger partial charge in [-0.2, -0.15) is 0 Å². The molecule has 2 unspecified atom stereocenters. The summed E-state index contributed by atoms with van der Waals surface area (Å²) < 4.78 is 42.5. The predicted molar refractivity (Wildman–Crippen MR) is 165 cm³/mol. The van der Waals surface area contributed by atoms with E-state index >= 15 is 0 Å². The lowest BCUT2D eigenvalue weighted by Gasteiger charge is -2.28. The quantitative estimate of drug-likeness (QED) is 0.139. The van der Waals surface area contributed by atoms with Crippen molar-refractivity contribution in [3.05, 3.63) is 101 Å². The van der Waals surface area contributed by atoms with Crippen LogP contribution in [0.15, 0.2) is 79.0 Å². The molecule has 4 rings (SSSR count). The van der Waals surface area contributed by atoms with E-state index in [0.717, 1.165) is 21.0 Å². The second-order valence-electron chi connectivity index (χ2n) is 10.3. The summed E-state index contributed by atoms with van der Waals surface area (Å²) >= 11 is 1.55. The fraction of sp³-hybridized carbons (Fsp3) is 0.273. The van der Waals surface area contributed by atoms with Gasteiger partial charge in [0.1, 0.15) is 5.75 Å². The van der Waals surface area contributed by atoms with Gasteiger partial charge in [-0.3, -0.25) is 14.4 Å². The zero-order valence-corrected chi connectivity index (χ0v) is 25.4. The van der Waals surface area contributed by atoms with Crippen molar-refractivity contribution in [2.75, 3.05) is 11.9 Å². The molecule has 1 heterocycles. The molecule has 0 fully saturated rings. The molecule has 2 atom stereocenters. The van der Waals surface area contributed by atoms with E-state index in [1.165, 1.54) is 24.3 Å². The number of hydrogen-bond donors (Lipinski definition) is 3. The molecule has 4 aromatic rings. The van der Waals surface area contributed by atoms with E-state index in [2.05, 4.69) is 20.4 Å². The minimum Gasteiger partial charge on any atom is -0.481 e. The number of hydrogen-bond acceptors (Lipinski definition) is 6. The molecule has 2 amide bonds. The van der Waals surface area contributed by atoms with Gasteiger partial charge in [-0.15, -0.1) is 24.5 Å². The number of alkyl halides is 3. The number of thiazole rings is 1. The van der Waals surface area contributed by atoms with Gasteiger partial charge < -0.3 is 20.5 Å². The van der Waals surface area contributed by atoms with Gasteiger partial charge in [-0.1, -0.05) is 49.7 Å². The first kappa shape index (κ1) is 33.2. The van der Waals surface area contributed by atoms with Crippen LogP contribution in [0.1, 0.15) is 64.5 Å². The molecule has 3 aromatic carbocycles. The number of amides is 2. The standard InChI is InChI=1S/C33H32F3N3O5S/c1-3-4-27(21-5-7-24(8-6-21)31(42)37-18-17-29(40)41)30(23-11-15-26(16-12-23)44-33(34,35)36)32(43)39-25-13-9-22(10-14-25)28-19-38-20(2)45-28/h5-16,19,27,30H,3-4,17-18H2,1-2H3,(H,37,42)(H,39,43)(H,40,41). The highest BCUT2D eigenvalue weighted by Gasteiger charge is 2.33. The molecule has 12 heteroatoms. The lowest BCUT2D eigenvalue weighted by Crippen LogP contribution is -2.27. The maximum absolute atomic E-state index is 14.0. The number of nitrogens with one attached hydrogen (secondary N) is 2. The monoisotopic (exact) mass is 639 g/mol. The number of rotatable bonds is 13. The van der Waals surface area contributed by atoms with Crippen molar-refractivity contribution in [1.82, 2.24) is 10.3 Å². The zero-order valence-electron chi connectivity index (χ0n) is 24.6. The SMILES string of the molecule is CCCC(c1ccc(C(=O)NCCC(=O)O)cc1)C(C(=O)Nc1ccc(-c2cnc(C)s2)cc1)c1ccc(OC(F)(F)F)cc1. The Morgan fingerprint density at radius 2 is 1.60 bits per heavy atom. The Labute approximate surface area is 262 Å². The number of anilines is 1. The fourth-order valence-electron chi connectivity index (χ4n) is 4.98. The summed E-state index contributed by atoms with van der Waals surface area (Å²) in [6.07, 6.45) is -2.01. The van der Waals surface area contributed by atoms with Crippen LogP contribution in [0.4, 0.5) is 18.9 Å². The van der Waals surface area contributed by atoms with Gasteiger partial charge in [0.25, 0.3) is 5.91 Å². The van der Waals surface area contributed by atoms with E-state index in [1.54, 1.807) is 53.9 Å². The minimum absolute atomic E-state index is 0.0183. The lowest BCUT2D eigenvalue weighted by molar-refractivity contribution is -0.274. The van der Waals surface area contributed by atoms with Gasteiger partial charge in [0.15, 0.2) is 0 Å². The second kappa shape index (κ2) is 14.8. The molecule has 0 spiro atoms. The fourth-order valence-corrected chi connectivity index (χ4v) is 5.76. The minimum atomic E-state index is -4.85. The van der Waals surface area contributed by atoms with Crippen molar-refractivity contribution < 1.29 is 37.4 Å². The van der Waals surface area contributed by atoms with Crippen LogP contribution in [-0.4, -0.2) is 40.8 Å². The Kier molecular flexibility index (Phi) is 10.9. The van der Waals surface area contributed by atoms with Crippen molar-refractivity contribution in [3.63, 3.8) is 0 Å². The summed E-state index contributed by atoms with van der Waals surface area (Å²) in [5.41, 5.74) is 3.07. The molecule has 0 bridgehead atoms. The summed E-state index contributed by atoms with van der Waals surface area (Å²) in [7, 11) is 0. The van der Waals surface area contributed by atoms with Crippen molar-refractivity contribution in [2.24, 2.45) is 0 Å². The van der Waals surface area contributed by atoms with Crippen LogP contribution >= 0.6 is 11.3 Å². The zero-order chi connectivity index (χ0) is 32.6. The first-order valence-electron chi connectivity index (χ1n) is 14.2. The summed E-state index contributed by atoms with van der Waals surface area (Å²) in [6.45, 7) is 3.87. The number of aliphatic carboxylic acids is 1. The van der Waals surface area contributed by atoms with Crippen LogP contribution in [0.25, 0.3) is 10.4 Å². The number of ether oxygens (including phenoxy) is 1. The molecule has 0 aliphatic heterocycles. The highest BCUT2D eigenvalue weighted by Crippen LogP contribution is 2.39. The summed E-state index contributed by atoms with van der Waals surface area (Å²) in [5.74, 6) is -3.40. The van der Waals surface area contributed by atoms with Crippen LogP contribution in [0.3, 0.4) is 0 Å². The van der Waals surface area contributed by atoms with Crippen LogP contribution < -0.4 is 15.4 Å². The molecule has 0 aliphatic carbocycles. The smallest absolute Gasteiger partial charge is 0.481 e. The molecule has 0 aliphatic rings. The predicted octanol–water partition coefficient (Wildman–Crippen LogP) is 7.53. The topological polar surface area (TPSA) is 118 Å². The van der Waals surface area contributed by atoms with Gasteiger partial charge in [0.2, 0.25) is 5.91 Å². The van der Waals surface area contributed by atoms with Crippen molar-refractivity contribution in [2.45, 2.75) is 51.3 Å². The first-order chi connectivity index (χ1) is 21.4. The molecule has 0 saturated carbocycles. The average Bonchev–Trinajstić information content (AvgIpc) is 3.43. The molecule has 3 N–H and O–H groups in total. The van der Waals surface area contributed by atoms with Crippen LogP contribution in [0.2, 0.25) is 0 Å². The van der Waals surface area contributed by atoms with Gasteiger partial charge in [0, 0.05) is 24.0 Å². The molecular formula is C33H32F3N3O5S. The molecule has 8 nitrogen and oxygen atoms in total. The Morgan fingerprint density at radius 1 is 0.956 bits per heavy atom. The third-order valence-corrected chi connectivity index (χ3v) is 8.00. The second-order valence-corrected chi connectivity index (χ2v) is 11.6. The number of benzene rings is 3. The third-order valence-electron chi connectivity index (χ3n) is 7.04. The molecule has 0 radical (unpaired) electrons. The third kappa shape index (κ3) is 9.39. The molecule has 0 saturated heterocycles. The number of aryl methyl sites for hydroxylation is 1. The molecule has 1 aromatic heterocycles. The van der Waals surface area contributed by atoms with E-state index in [9.17, 15) is 27.6 Å². The highest BCUT2D eigenvalue weighted by atomic mass is 32.1. The van der Waals surface area contributed by atoms with Gasteiger partial charge in [0.05, 0.1) is 22.2 Å². The average molecular weight is 640 g/mol. The maximum atomic E-state index is 14.0. The van der Waals surface area contributed by atoms with Crippen molar-refractivity contribution in [3.8, 4) is 16.2 Å². The normalized spacial score (nSPS) is 12.6. The van der Waals surface area contributed by atoms with Crippen LogP contribution in [0, 0.1) is 6.92 Å². The molecule has 236 valence electrons. The number of carboxylic acid groups (broad SMARTS) is 1. The highest BCUT2D eigenvalue weighted by molar-refractivity contribution is 7.15. The number of carbonyl (C=O) groups excluding carboxylic acids is 2. The van der Waals surface area contributed by atoms with Crippen molar-refractivity contribution >= 4 is 34.8 Å². The van der Waals surface area contributed by atoms with Crippen LogP contribution in [0.5, 0.6) is 5.75 Å². The number of carbonyl (C=O) groups is 3. The van der Waals surface area contributed by atoms with E-state index in [-0.39, 0.29) is 18.9 Å². The maximum Gasteiger partial charge on any atom is 0.573 e. The molecule has 45 heavy (non-hydrogen) atoms. The number of halogens is 3. The first-order valence-corrected chi connectivity index (χ1v) is 15.0. The Balaban J connectivity index is 1.63. The van der Waals surface area contributed by atoms with Crippen molar-refractivity contribution in [1.29, 1.82) is 0 Å². The van der Waals surface area contributed by atoms with Gasteiger partial charge >= 0.3 is 12.3 Å². The Morgan fingerprint density at radius 3 is 2.16 bits per heavy atom. The largest absolute Gasteiger partial charge is 0.573 e. The number of nitrogens with zero attached hydrogens (tertiary/aromatic N) is 1.